The quantitative estimate of drug-likeness (QED) is 0.773. The number of aromatic amines is 1. The predicted octanol–water partition coefficient (Wildman–Crippen LogP) is 0.617. The number of halogens is 1. The monoisotopic (exact) mass is 246 g/mol. The second kappa shape index (κ2) is 4.30. The Balaban J connectivity index is 2.11. The van der Waals surface area contributed by atoms with Crippen molar-refractivity contribution in [3.8, 4) is 11.5 Å². The summed E-state index contributed by atoms with van der Waals surface area (Å²) in [4.78, 5) is 22.9. The summed E-state index contributed by atoms with van der Waals surface area (Å²) in [6.07, 6.45) is 1.78. The number of rotatable bonds is 1. The summed E-state index contributed by atoms with van der Waals surface area (Å²) in [5.74, 6) is -0.0387. The number of fused-ring (bicyclic) bond motifs is 1. The fourth-order valence-corrected chi connectivity index (χ4v) is 2.01. The van der Waals surface area contributed by atoms with Crippen LogP contribution in [-0.4, -0.2) is 21.5 Å². The molecule has 0 atom stereocenters. The fourth-order valence-electron chi connectivity index (χ4n) is 2.01. The molecule has 0 fully saturated rings. The van der Waals surface area contributed by atoms with Gasteiger partial charge in [-0.2, -0.15) is 0 Å². The molecule has 0 radical (unpaired) electrons. The van der Waals surface area contributed by atoms with Crippen LogP contribution in [0.4, 0.5) is 4.39 Å². The van der Waals surface area contributed by atoms with Crippen molar-refractivity contribution >= 4 is 0 Å². The van der Waals surface area contributed by atoms with E-state index in [0.29, 0.717) is 24.5 Å². The summed E-state index contributed by atoms with van der Waals surface area (Å²) in [5.41, 5.74) is 1.79. The molecule has 0 amide bonds. The van der Waals surface area contributed by atoms with Gasteiger partial charge in [-0.25, -0.2) is 14.4 Å². The van der Waals surface area contributed by atoms with Gasteiger partial charge in [-0.3, -0.25) is 4.79 Å². The van der Waals surface area contributed by atoms with Crippen molar-refractivity contribution in [1.29, 1.82) is 0 Å². The Morgan fingerprint density at radius 3 is 3.00 bits per heavy atom. The van der Waals surface area contributed by atoms with Gasteiger partial charge in [0.05, 0.1) is 11.9 Å². The van der Waals surface area contributed by atoms with E-state index in [2.05, 4.69) is 20.3 Å². The molecule has 1 aliphatic rings. The highest BCUT2D eigenvalue weighted by Gasteiger charge is 2.16. The molecule has 1 aliphatic heterocycles. The van der Waals surface area contributed by atoms with Crippen molar-refractivity contribution in [3.05, 3.63) is 45.8 Å². The molecule has 0 aliphatic carbocycles. The molecule has 18 heavy (non-hydrogen) atoms. The predicted molar refractivity (Wildman–Crippen MR) is 63.5 cm³/mol. The summed E-state index contributed by atoms with van der Waals surface area (Å²) in [7, 11) is 0. The second-order valence-electron chi connectivity index (χ2n) is 4.13. The van der Waals surface area contributed by atoms with Gasteiger partial charge in [0, 0.05) is 12.1 Å². The molecule has 0 spiro atoms. The molecule has 2 aromatic rings. The first-order chi connectivity index (χ1) is 8.74. The normalized spacial score (nSPS) is 14.3. The molecule has 2 aromatic heterocycles. The van der Waals surface area contributed by atoms with Crippen LogP contribution in [0.1, 0.15) is 11.3 Å². The first kappa shape index (κ1) is 11.0. The summed E-state index contributed by atoms with van der Waals surface area (Å²) in [6.45, 7) is 1.36. The molecule has 0 saturated heterocycles. The van der Waals surface area contributed by atoms with Gasteiger partial charge in [0.2, 0.25) is 0 Å². The van der Waals surface area contributed by atoms with Crippen molar-refractivity contribution in [3.63, 3.8) is 0 Å². The zero-order chi connectivity index (χ0) is 12.5. The Labute approximate surface area is 102 Å². The highest BCUT2D eigenvalue weighted by atomic mass is 19.1. The zero-order valence-corrected chi connectivity index (χ0v) is 9.53. The lowest BCUT2D eigenvalue weighted by molar-refractivity contribution is 0.617. The molecule has 92 valence electrons. The van der Waals surface area contributed by atoms with E-state index >= 15 is 0 Å². The third-order valence-electron chi connectivity index (χ3n) is 2.92. The maximum Gasteiger partial charge on any atom is 0.254 e. The van der Waals surface area contributed by atoms with Gasteiger partial charge >= 0.3 is 0 Å². The number of nitrogens with zero attached hydrogens (tertiary/aromatic N) is 2. The zero-order valence-electron chi connectivity index (χ0n) is 9.53. The smallest absolute Gasteiger partial charge is 0.254 e. The largest absolute Gasteiger partial charge is 0.311 e. The Morgan fingerprint density at radius 2 is 2.22 bits per heavy atom. The van der Waals surface area contributed by atoms with Crippen LogP contribution >= 0.6 is 0 Å². The summed E-state index contributed by atoms with van der Waals surface area (Å²) >= 11 is 0. The highest BCUT2D eigenvalue weighted by molar-refractivity contribution is 5.49. The Morgan fingerprint density at radius 1 is 1.33 bits per heavy atom. The fraction of sp³-hybridized carbons (Fsp3) is 0.250. The molecule has 0 saturated carbocycles. The maximum atomic E-state index is 12.8. The molecule has 2 N–H and O–H groups in total. The second-order valence-corrected chi connectivity index (χ2v) is 4.13. The van der Waals surface area contributed by atoms with Crippen LogP contribution in [0.15, 0.2) is 23.1 Å². The van der Waals surface area contributed by atoms with E-state index in [0.717, 1.165) is 24.0 Å². The maximum absolute atomic E-state index is 12.8. The number of pyridine rings is 1. The average Bonchev–Trinajstić information content (AvgIpc) is 2.39. The molecule has 0 bridgehead atoms. The van der Waals surface area contributed by atoms with E-state index in [1.807, 2.05) is 0 Å². The van der Waals surface area contributed by atoms with Crippen molar-refractivity contribution in [1.82, 2.24) is 20.3 Å². The van der Waals surface area contributed by atoms with Gasteiger partial charge in [-0.15, -0.1) is 0 Å². The first-order valence-electron chi connectivity index (χ1n) is 5.69. The molecular weight excluding hydrogens is 235 g/mol. The highest BCUT2D eigenvalue weighted by Crippen LogP contribution is 2.13. The topological polar surface area (TPSA) is 70.7 Å². The van der Waals surface area contributed by atoms with Crippen LogP contribution in [0.5, 0.6) is 0 Å². The van der Waals surface area contributed by atoms with Gasteiger partial charge in [0.25, 0.3) is 5.56 Å². The summed E-state index contributed by atoms with van der Waals surface area (Å²) in [5, 5.41) is 3.16. The van der Waals surface area contributed by atoms with Crippen molar-refractivity contribution in [2.75, 3.05) is 6.54 Å². The van der Waals surface area contributed by atoms with Gasteiger partial charge in [0.15, 0.2) is 5.82 Å². The number of hydrogen-bond donors (Lipinski definition) is 2. The SMILES string of the molecule is O=c1[nH]c(-c2ccc(F)cn2)nc2c1CCNC2. The van der Waals surface area contributed by atoms with E-state index in [1.54, 1.807) is 0 Å². The van der Waals surface area contributed by atoms with Crippen LogP contribution in [0.25, 0.3) is 11.5 Å². The lowest BCUT2D eigenvalue weighted by Crippen LogP contribution is -2.31. The van der Waals surface area contributed by atoms with E-state index in [1.165, 1.54) is 12.1 Å². The average molecular weight is 246 g/mol. The summed E-state index contributed by atoms with van der Waals surface area (Å²) < 4.78 is 12.8. The van der Waals surface area contributed by atoms with E-state index in [-0.39, 0.29) is 5.56 Å². The number of hydrogen-bond acceptors (Lipinski definition) is 4. The van der Waals surface area contributed by atoms with Crippen LogP contribution in [0.2, 0.25) is 0 Å². The van der Waals surface area contributed by atoms with Crippen LogP contribution < -0.4 is 10.9 Å². The van der Waals surface area contributed by atoms with E-state index in [9.17, 15) is 9.18 Å². The minimum atomic E-state index is -0.416. The van der Waals surface area contributed by atoms with Gasteiger partial charge in [0.1, 0.15) is 11.5 Å². The van der Waals surface area contributed by atoms with Gasteiger partial charge in [-0.05, 0) is 25.1 Å². The molecule has 3 rings (SSSR count). The third kappa shape index (κ3) is 1.91. The Hall–Kier alpha value is -2.08. The van der Waals surface area contributed by atoms with E-state index < -0.39 is 5.82 Å². The van der Waals surface area contributed by atoms with Crippen LogP contribution in [0.3, 0.4) is 0 Å². The molecular formula is C12H11FN4O. The van der Waals surface area contributed by atoms with Gasteiger partial charge < -0.3 is 10.3 Å². The standard InChI is InChI=1S/C12H11FN4O/c13-7-1-2-9(15-5-7)11-16-10-6-14-4-3-8(10)12(18)17-11/h1-2,5,14H,3-4,6H2,(H,16,17,18). The number of aromatic nitrogens is 3. The third-order valence-corrected chi connectivity index (χ3v) is 2.92. The lowest BCUT2D eigenvalue weighted by Gasteiger charge is -2.15. The number of nitrogens with one attached hydrogen (secondary N) is 2. The molecule has 5 nitrogen and oxygen atoms in total. The molecule has 0 unspecified atom stereocenters. The van der Waals surface area contributed by atoms with Crippen LogP contribution in [-0.2, 0) is 13.0 Å². The number of H-pyrrole nitrogens is 1. The van der Waals surface area contributed by atoms with Crippen LogP contribution in [0, 0.1) is 5.82 Å². The van der Waals surface area contributed by atoms with Crippen molar-refractivity contribution in [2.24, 2.45) is 0 Å². The summed E-state index contributed by atoms with van der Waals surface area (Å²) in [6, 6.07) is 2.79. The van der Waals surface area contributed by atoms with Crippen molar-refractivity contribution in [2.45, 2.75) is 13.0 Å². The molecule has 3 heterocycles. The van der Waals surface area contributed by atoms with Crippen molar-refractivity contribution < 1.29 is 4.39 Å². The molecule has 6 heteroatoms. The Kier molecular flexibility index (Phi) is 2.64. The van der Waals surface area contributed by atoms with Gasteiger partial charge in [-0.1, -0.05) is 0 Å². The Bertz CT molecular complexity index is 636. The van der Waals surface area contributed by atoms with E-state index in [4.69, 9.17) is 0 Å². The lowest BCUT2D eigenvalue weighted by atomic mass is 10.1. The minimum Gasteiger partial charge on any atom is -0.311 e. The minimum absolute atomic E-state index is 0.136. The first-order valence-corrected chi connectivity index (χ1v) is 5.69. The molecule has 0 aromatic carbocycles.